The van der Waals surface area contributed by atoms with Gasteiger partial charge in [-0.05, 0) is 38.8 Å². The van der Waals surface area contributed by atoms with E-state index in [0.717, 1.165) is 13.0 Å². The Hall–Kier alpha value is -1.62. The van der Waals surface area contributed by atoms with E-state index in [1.807, 2.05) is 33.0 Å². The van der Waals surface area contributed by atoms with Crippen molar-refractivity contribution in [3.63, 3.8) is 0 Å². The van der Waals surface area contributed by atoms with Gasteiger partial charge in [-0.15, -0.1) is 0 Å². The summed E-state index contributed by atoms with van der Waals surface area (Å²) in [6.45, 7) is 7.83. The number of aromatic nitrogens is 1. The molecule has 0 aromatic carbocycles. The van der Waals surface area contributed by atoms with Crippen molar-refractivity contribution in [3.8, 4) is 0 Å². The standard InChI is InChI=1S/C15H23N3O2/c1-15(2,3)20-14(19)18-8-7-17-13(11-18)9-12-5-4-6-16-10-12/h4-6,10,13,17H,7-9,11H2,1-3H3/t13-/m0/s1. The number of ether oxygens (including phenoxy) is 1. The molecule has 0 spiro atoms. The summed E-state index contributed by atoms with van der Waals surface area (Å²) in [6.07, 6.45) is 4.28. The van der Waals surface area contributed by atoms with Crippen LogP contribution in [0.5, 0.6) is 0 Å². The molecule has 1 saturated heterocycles. The Morgan fingerprint density at radius 1 is 1.55 bits per heavy atom. The van der Waals surface area contributed by atoms with Crippen LogP contribution in [0.2, 0.25) is 0 Å². The smallest absolute Gasteiger partial charge is 0.410 e. The predicted molar refractivity (Wildman–Crippen MR) is 77.5 cm³/mol. The number of hydrogen-bond acceptors (Lipinski definition) is 4. The number of hydrogen-bond donors (Lipinski definition) is 1. The number of nitrogens with zero attached hydrogens (tertiary/aromatic N) is 2. The maximum atomic E-state index is 12.1. The van der Waals surface area contributed by atoms with Crippen molar-refractivity contribution in [1.29, 1.82) is 0 Å². The van der Waals surface area contributed by atoms with E-state index in [9.17, 15) is 4.79 Å². The molecule has 1 atom stereocenters. The van der Waals surface area contributed by atoms with Crippen molar-refractivity contribution >= 4 is 6.09 Å². The molecule has 1 aromatic heterocycles. The lowest BCUT2D eigenvalue weighted by atomic mass is 10.1. The van der Waals surface area contributed by atoms with Gasteiger partial charge in [-0.3, -0.25) is 4.98 Å². The first-order valence-corrected chi connectivity index (χ1v) is 7.04. The van der Waals surface area contributed by atoms with Gasteiger partial charge in [-0.1, -0.05) is 6.07 Å². The van der Waals surface area contributed by atoms with Gasteiger partial charge in [0.25, 0.3) is 0 Å². The van der Waals surface area contributed by atoms with E-state index in [-0.39, 0.29) is 12.1 Å². The quantitative estimate of drug-likeness (QED) is 0.896. The summed E-state index contributed by atoms with van der Waals surface area (Å²) in [4.78, 5) is 18.0. The number of piperazine rings is 1. The second-order valence-electron chi connectivity index (χ2n) is 6.14. The van der Waals surface area contributed by atoms with Gasteiger partial charge in [0, 0.05) is 38.1 Å². The molecule has 1 N–H and O–H groups in total. The Morgan fingerprint density at radius 2 is 2.35 bits per heavy atom. The second kappa shape index (κ2) is 6.22. The highest BCUT2D eigenvalue weighted by molar-refractivity contribution is 5.68. The Balaban J connectivity index is 1.90. The Labute approximate surface area is 120 Å². The first-order chi connectivity index (χ1) is 9.44. The number of nitrogens with one attached hydrogen (secondary N) is 1. The number of rotatable bonds is 2. The molecule has 2 heterocycles. The lowest BCUT2D eigenvalue weighted by Gasteiger charge is -2.35. The molecule has 5 heteroatoms. The molecule has 0 bridgehead atoms. The van der Waals surface area contributed by atoms with Gasteiger partial charge >= 0.3 is 6.09 Å². The fraction of sp³-hybridized carbons (Fsp3) is 0.600. The SMILES string of the molecule is CC(C)(C)OC(=O)N1CCN[C@@H](Cc2cccnc2)C1. The highest BCUT2D eigenvalue weighted by atomic mass is 16.6. The predicted octanol–water partition coefficient (Wildman–Crippen LogP) is 1.83. The fourth-order valence-corrected chi connectivity index (χ4v) is 2.26. The van der Waals surface area contributed by atoms with Crippen molar-refractivity contribution in [1.82, 2.24) is 15.2 Å². The molecule has 0 saturated carbocycles. The van der Waals surface area contributed by atoms with Crippen molar-refractivity contribution in [2.24, 2.45) is 0 Å². The van der Waals surface area contributed by atoms with E-state index in [1.165, 1.54) is 5.56 Å². The minimum Gasteiger partial charge on any atom is -0.444 e. The van der Waals surface area contributed by atoms with Gasteiger partial charge in [0.2, 0.25) is 0 Å². The molecule has 110 valence electrons. The number of carbonyl (C=O) groups excluding carboxylic acids is 1. The third-order valence-electron chi connectivity index (χ3n) is 3.11. The molecule has 1 aromatic rings. The molecule has 1 aliphatic heterocycles. The summed E-state index contributed by atoms with van der Waals surface area (Å²) >= 11 is 0. The fourth-order valence-electron chi connectivity index (χ4n) is 2.26. The van der Waals surface area contributed by atoms with Gasteiger partial charge in [-0.25, -0.2) is 4.79 Å². The van der Waals surface area contributed by atoms with Crippen LogP contribution < -0.4 is 5.32 Å². The van der Waals surface area contributed by atoms with E-state index in [0.29, 0.717) is 13.1 Å². The summed E-state index contributed by atoms with van der Waals surface area (Å²) in [5.74, 6) is 0. The van der Waals surface area contributed by atoms with Gasteiger partial charge < -0.3 is 15.0 Å². The minimum atomic E-state index is -0.444. The van der Waals surface area contributed by atoms with Crippen molar-refractivity contribution in [2.45, 2.75) is 38.8 Å². The number of pyridine rings is 1. The number of carbonyl (C=O) groups is 1. The molecular weight excluding hydrogens is 254 g/mol. The van der Waals surface area contributed by atoms with Crippen molar-refractivity contribution in [2.75, 3.05) is 19.6 Å². The first kappa shape index (κ1) is 14.8. The van der Waals surface area contributed by atoms with Crippen LogP contribution in [-0.4, -0.2) is 47.3 Å². The lowest BCUT2D eigenvalue weighted by Crippen LogP contribution is -2.54. The van der Waals surface area contributed by atoms with Gasteiger partial charge in [-0.2, -0.15) is 0 Å². The first-order valence-electron chi connectivity index (χ1n) is 7.04. The third kappa shape index (κ3) is 4.49. The van der Waals surface area contributed by atoms with E-state index in [1.54, 1.807) is 11.1 Å². The molecule has 0 aliphatic carbocycles. The topological polar surface area (TPSA) is 54.5 Å². The van der Waals surface area contributed by atoms with E-state index >= 15 is 0 Å². The van der Waals surface area contributed by atoms with E-state index in [2.05, 4.69) is 16.4 Å². The van der Waals surface area contributed by atoms with Crippen LogP contribution in [0.4, 0.5) is 4.79 Å². The molecule has 20 heavy (non-hydrogen) atoms. The Bertz CT molecular complexity index is 442. The lowest BCUT2D eigenvalue weighted by molar-refractivity contribution is 0.0195. The van der Waals surface area contributed by atoms with Gasteiger partial charge in [0.1, 0.15) is 5.60 Å². The van der Waals surface area contributed by atoms with E-state index < -0.39 is 5.60 Å². The minimum absolute atomic E-state index is 0.227. The van der Waals surface area contributed by atoms with Crippen LogP contribution in [0, 0.1) is 0 Å². The Kier molecular flexibility index (Phi) is 4.60. The van der Waals surface area contributed by atoms with Gasteiger partial charge in [0.05, 0.1) is 0 Å². The maximum absolute atomic E-state index is 12.1. The highest BCUT2D eigenvalue weighted by Gasteiger charge is 2.27. The average molecular weight is 277 g/mol. The Morgan fingerprint density at radius 3 is 3.00 bits per heavy atom. The number of amides is 1. The largest absolute Gasteiger partial charge is 0.444 e. The second-order valence-corrected chi connectivity index (χ2v) is 6.14. The summed E-state index contributed by atoms with van der Waals surface area (Å²) < 4.78 is 5.42. The highest BCUT2D eigenvalue weighted by Crippen LogP contribution is 2.12. The van der Waals surface area contributed by atoms with Crippen LogP contribution in [0.1, 0.15) is 26.3 Å². The zero-order valence-corrected chi connectivity index (χ0v) is 12.4. The molecule has 5 nitrogen and oxygen atoms in total. The van der Waals surface area contributed by atoms with Crippen molar-refractivity contribution < 1.29 is 9.53 Å². The summed E-state index contributed by atoms with van der Waals surface area (Å²) in [5.41, 5.74) is 0.733. The average Bonchev–Trinajstić information content (AvgIpc) is 2.38. The summed E-state index contributed by atoms with van der Waals surface area (Å²) in [7, 11) is 0. The van der Waals surface area contributed by atoms with Crippen LogP contribution >= 0.6 is 0 Å². The molecular formula is C15H23N3O2. The third-order valence-corrected chi connectivity index (χ3v) is 3.11. The zero-order chi connectivity index (χ0) is 14.6. The van der Waals surface area contributed by atoms with Crippen LogP contribution in [0.25, 0.3) is 0 Å². The van der Waals surface area contributed by atoms with Gasteiger partial charge in [0.15, 0.2) is 0 Å². The molecule has 0 radical (unpaired) electrons. The zero-order valence-electron chi connectivity index (χ0n) is 12.4. The molecule has 1 fully saturated rings. The van der Waals surface area contributed by atoms with Crippen LogP contribution in [0.15, 0.2) is 24.5 Å². The van der Waals surface area contributed by atoms with E-state index in [4.69, 9.17) is 4.74 Å². The van der Waals surface area contributed by atoms with Crippen LogP contribution in [0.3, 0.4) is 0 Å². The molecule has 1 amide bonds. The molecule has 0 unspecified atom stereocenters. The monoisotopic (exact) mass is 277 g/mol. The summed E-state index contributed by atoms with van der Waals surface area (Å²) in [5, 5.41) is 3.44. The molecule has 2 rings (SSSR count). The van der Waals surface area contributed by atoms with Crippen molar-refractivity contribution in [3.05, 3.63) is 30.1 Å². The summed E-state index contributed by atoms with van der Waals surface area (Å²) in [6, 6.07) is 4.24. The normalized spacial score (nSPS) is 19.8. The molecule has 1 aliphatic rings. The maximum Gasteiger partial charge on any atom is 0.410 e. The van der Waals surface area contributed by atoms with Crippen LogP contribution in [-0.2, 0) is 11.2 Å².